The summed E-state index contributed by atoms with van der Waals surface area (Å²) in [7, 11) is 0. The van der Waals surface area contributed by atoms with Gasteiger partial charge in [-0.2, -0.15) is 5.10 Å². The molecule has 3 heterocycles. The van der Waals surface area contributed by atoms with Crippen LogP contribution in [-0.2, 0) is 0 Å². The van der Waals surface area contributed by atoms with Crippen LogP contribution in [-0.4, -0.2) is 38.3 Å². The molecule has 0 bridgehead atoms. The second-order valence-electron chi connectivity index (χ2n) is 8.04. The minimum absolute atomic E-state index is 0.134. The van der Waals surface area contributed by atoms with E-state index in [4.69, 9.17) is 0 Å². The molecular weight excluding hydrogens is 423 g/mol. The Morgan fingerprint density at radius 1 is 1.03 bits per heavy atom. The van der Waals surface area contributed by atoms with Crippen molar-refractivity contribution < 1.29 is 23.1 Å². The van der Waals surface area contributed by atoms with E-state index in [1.165, 1.54) is 35.0 Å². The average Bonchev–Trinajstić information content (AvgIpc) is 3.25. The summed E-state index contributed by atoms with van der Waals surface area (Å²) in [5, 5.41) is 14.5. The molecule has 3 atom stereocenters. The highest BCUT2D eigenvalue weighted by molar-refractivity contribution is 5.96. The van der Waals surface area contributed by atoms with E-state index in [0.29, 0.717) is 24.9 Å². The van der Waals surface area contributed by atoms with Crippen molar-refractivity contribution in [2.24, 2.45) is 0 Å². The third-order valence-corrected chi connectivity index (χ3v) is 6.29. The number of hydrogen-bond acceptors (Lipinski definition) is 4. The fourth-order valence-corrected chi connectivity index (χ4v) is 4.93. The van der Waals surface area contributed by atoms with Crippen molar-refractivity contribution in [3.63, 3.8) is 0 Å². The maximum atomic E-state index is 15.0. The largest absolute Gasteiger partial charge is 0.502 e. The standard InChI is InChI=1S/C23H18F3N3O3/c24-13-5-3-12(4-6-13)19(15-8-7-14(25)10-16(15)26)20-17-2-1-9-28(17)23(32)21-22(31)18(30)11-27-29(20)21/h3-8,10-11,17,19-20,31H,1-2,9H2/t17-,19?,20-/m1/s1. The number of carbonyl (C=O) groups is 1. The van der Waals surface area contributed by atoms with Crippen LogP contribution >= 0.6 is 0 Å². The molecule has 1 N–H and O–H groups in total. The van der Waals surface area contributed by atoms with Crippen LogP contribution in [0, 0.1) is 17.5 Å². The SMILES string of the molecule is O=C1c2c(O)c(=O)cnn2[C@@H](C(c2ccc(F)cc2)c2ccc(F)cc2F)[C@H]2CCCN12. The zero-order chi connectivity index (χ0) is 22.6. The fraction of sp³-hybridized carbons (Fsp3) is 0.261. The van der Waals surface area contributed by atoms with E-state index in [2.05, 4.69) is 5.10 Å². The van der Waals surface area contributed by atoms with Crippen molar-refractivity contribution in [2.45, 2.75) is 30.8 Å². The highest BCUT2D eigenvalue weighted by Crippen LogP contribution is 2.46. The molecule has 3 aromatic rings. The van der Waals surface area contributed by atoms with Crippen LogP contribution in [0.1, 0.15) is 46.4 Å². The average molecular weight is 441 g/mol. The molecule has 0 aliphatic carbocycles. The van der Waals surface area contributed by atoms with Crippen LogP contribution in [0.25, 0.3) is 0 Å². The van der Waals surface area contributed by atoms with E-state index >= 15 is 4.39 Å². The van der Waals surface area contributed by atoms with Gasteiger partial charge >= 0.3 is 0 Å². The van der Waals surface area contributed by atoms with Crippen LogP contribution in [0.5, 0.6) is 5.75 Å². The molecule has 1 aromatic heterocycles. The summed E-state index contributed by atoms with van der Waals surface area (Å²) in [6, 6.07) is 7.56. The van der Waals surface area contributed by atoms with Gasteiger partial charge in [0.05, 0.1) is 18.3 Å². The van der Waals surface area contributed by atoms with E-state index in [9.17, 15) is 23.5 Å². The Morgan fingerprint density at radius 3 is 2.47 bits per heavy atom. The number of benzene rings is 2. The van der Waals surface area contributed by atoms with Gasteiger partial charge in [0.25, 0.3) is 5.91 Å². The number of amides is 1. The van der Waals surface area contributed by atoms with Gasteiger partial charge in [-0.3, -0.25) is 14.3 Å². The monoisotopic (exact) mass is 441 g/mol. The van der Waals surface area contributed by atoms with Gasteiger partial charge in [-0.05, 0) is 42.2 Å². The molecule has 2 aromatic carbocycles. The van der Waals surface area contributed by atoms with E-state index in [1.54, 1.807) is 4.90 Å². The Labute approximate surface area is 180 Å². The van der Waals surface area contributed by atoms with Gasteiger partial charge < -0.3 is 10.0 Å². The predicted octanol–water partition coefficient (Wildman–Crippen LogP) is 3.36. The smallest absolute Gasteiger partial charge is 0.276 e. The Bertz CT molecular complexity index is 1280. The second-order valence-corrected chi connectivity index (χ2v) is 8.04. The number of fused-ring (bicyclic) bond motifs is 2. The lowest BCUT2D eigenvalue weighted by molar-refractivity contribution is 0.0564. The molecule has 0 saturated carbocycles. The normalized spacial score (nSPS) is 20.7. The quantitative estimate of drug-likeness (QED) is 0.677. The van der Waals surface area contributed by atoms with E-state index in [1.807, 2.05) is 0 Å². The van der Waals surface area contributed by atoms with E-state index < -0.39 is 52.5 Å². The lowest BCUT2D eigenvalue weighted by atomic mass is 9.79. The fourth-order valence-electron chi connectivity index (χ4n) is 4.93. The van der Waals surface area contributed by atoms with Crippen LogP contribution in [0.15, 0.2) is 53.5 Å². The Hall–Kier alpha value is -3.62. The van der Waals surface area contributed by atoms with E-state index in [0.717, 1.165) is 18.3 Å². The number of halogens is 3. The molecule has 164 valence electrons. The number of aromatic hydroxyl groups is 1. The van der Waals surface area contributed by atoms with E-state index in [-0.39, 0.29) is 11.3 Å². The van der Waals surface area contributed by atoms with Crippen LogP contribution in [0.2, 0.25) is 0 Å². The molecule has 6 nitrogen and oxygen atoms in total. The summed E-state index contributed by atoms with van der Waals surface area (Å²) in [6.45, 7) is 0.407. The summed E-state index contributed by atoms with van der Waals surface area (Å²) < 4.78 is 43.7. The highest BCUT2D eigenvalue weighted by atomic mass is 19.1. The first-order chi connectivity index (χ1) is 15.4. The molecule has 1 amide bonds. The molecule has 2 aliphatic rings. The van der Waals surface area contributed by atoms with Crippen molar-refractivity contribution in [3.05, 3.63) is 93.2 Å². The molecule has 1 unspecified atom stereocenters. The molecular formula is C23H18F3N3O3. The van der Waals surface area contributed by atoms with Gasteiger partial charge in [0.2, 0.25) is 5.43 Å². The van der Waals surface area contributed by atoms with Gasteiger partial charge in [0.1, 0.15) is 17.5 Å². The number of aromatic nitrogens is 2. The molecule has 1 fully saturated rings. The number of carbonyl (C=O) groups excluding carboxylic acids is 1. The lowest BCUT2D eigenvalue weighted by Gasteiger charge is -2.42. The third-order valence-electron chi connectivity index (χ3n) is 6.29. The Morgan fingerprint density at radius 2 is 1.75 bits per heavy atom. The van der Waals surface area contributed by atoms with Crippen molar-refractivity contribution >= 4 is 5.91 Å². The highest BCUT2D eigenvalue weighted by Gasteiger charge is 2.48. The van der Waals surface area contributed by atoms with Gasteiger partial charge in [0, 0.05) is 18.5 Å². The third kappa shape index (κ3) is 3.07. The minimum atomic E-state index is -0.803. The Balaban J connectivity index is 1.79. The zero-order valence-electron chi connectivity index (χ0n) is 16.7. The predicted molar refractivity (Wildman–Crippen MR) is 108 cm³/mol. The molecule has 0 radical (unpaired) electrons. The minimum Gasteiger partial charge on any atom is -0.502 e. The van der Waals surface area contributed by atoms with Crippen LogP contribution in [0.4, 0.5) is 13.2 Å². The maximum absolute atomic E-state index is 15.0. The molecule has 0 spiro atoms. The molecule has 32 heavy (non-hydrogen) atoms. The number of nitrogens with zero attached hydrogens (tertiary/aromatic N) is 3. The summed E-state index contributed by atoms with van der Waals surface area (Å²) in [6.07, 6.45) is 2.17. The first-order valence-corrected chi connectivity index (χ1v) is 10.2. The lowest BCUT2D eigenvalue weighted by Crippen LogP contribution is -2.51. The Kier molecular flexibility index (Phi) is 4.76. The molecule has 9 heteroatoms. The molecule has 5 rings (SSSR count). The maximum Gasteiger partial charge on any atom is 0.276 e. The molecule has 2 aliphatic heterocycles. The number of rotatable bonds is 3. The van der Waals surface area contributed by atoms with Crippen molar-refractivity contribution in [1.29, 1.82) is 0 Å². The molecule has 1 saturated heterocycles. The summed E-state index contributed by atoms with van der Waals surface area (Å²) >= 11 is 0. The summed E-state index contributed by atoms with van der Waals surface area (Å²) in [5.74, 6) is -4.07. The van der Waals surface area contributed by atoms with Crippen molar-refractivity contribution in [1.82, 2.24) is 14.7 Å². The van der Waals surface area contributed by atoms with Crippen molar-refractivity contribution in [3.8, 4) is 5.75 Å². The van der Waals surface area contributed by atoms with Crippen LogP contribution in [0.3, 0.4) is 0 Å². The van der Waals surface area contributed by atoms with Gasteiger partial charge in [0.15, 0.2) is 11.4 Å². The summed E-state index contributed by atoms with van der Waals surface area (Å²) in [5.41, 5.74) is -0.410. The van der Waals surface area contributed by atoms with Gasteiger partial charge in [-0.25, -0.2) is 13.2 Å². The summed E-state index contributed by atoms with van der Waals surface area (Å²) in [4.78, 5) is 26.7. The zero-order valence-corrected chi connectivity index (χ0v) is 16.7. The van der Waals surface area contributed by atoms with Crippen molar-refractivity contribution in [2.75, 3.05) is 6.54 Å². The van der Waals surface area contributed by atoms with Crippen LogP contribution < -0.4 is 5.43 Å². The van der Waals surface area contributed by atoms with Gasteiger partial charge in [-0.1, -0.05) is 18.2 Å². The first kappa shape index (κ1) is 20.3. The topological polar surface area (TPSA) is 75.4 Å². The second kappa shape index (κ2) is 7.51. The van der Waals surface area contributed by atoms with Gasteiger partial charge in [-0.15, -0.1) is 0 Å². The number of hydrogen-bond donors (Lipinski definition) is 1. The first-order valence-electron chi connectivity index (χ1n) is 10.2.